The predicted octanol–water partition coefficient (Wildman–Crippen LogP) is 2.55. The summed E-state index contributed by atoms with van der Waals surface area (Å²) in [6.07, 6.45) is 0. The lowest BCUT2D eigenvalue weighted by Gasteiger charge is -2.19. The topological polar surface area (TPSA) is 65.1 Å². The Kier molecular flexibility index (Phi) is 4.38. The molecule has 0 radical (unpaired) electrons. The van der Waals surface area contributed by atoms with Crippen molar-refractivity contribution in [1.82, 2.24) is 4.31 Å². The maximum atomic E-state index is 12.7. The van der Waals surface area contributed by atoms with Gasteiger partial charge in [0.05, 0.1) is 12.0 Å². The molecule has 0 N–H and O–H groups in total. The third kappa shape index (κ3) is 2.92. The highest BCUT2D eigenvalue weighted by Crippen LogP contribution is 2.43. The second-order valence-corrected chi connectivity index (χ2v) is 7.61. The summed E-state index contributed by atoms with van der Waals surface area (Å²) in [5.41, 5.74) is 1.72. The highest BCUT2D eigenvalue weighted by Gasteiger charge is 2.26. The van der Waals surface area contributed by atoms with Gasteiger partial charge in [-0.2, -0.15) is 4.31 Å². The van der Waals surface area contributed by atoms with Gasteiger partial charge in [0.25, 0.3) is 0 Å². The third-order valence-electron chi connectivity index (χ3n) is 3.90. The molecule has 0 saturated heterocycles. The van der Waals surface area contributed by atoms with Crippen molar-refractivity contribution in [2.24, 2.45) is 0 Å². The highest BCUT2D eigenvalue weighted by atomic mass is 32.2. The van der Waals surface area contributed by atoms with Gasteiger partial charge >= 0.3 is 0 Å². The zero-order valence-electron chi connectivity index (χ0n) is 13.8. The van der Waals surface area contributed by atoms with E-state index in [-0.39, 0.29) is 18.2 Å². The molecule has 0 spiro atoms. The first-order valence-electron chi connectivity index (χ1n) is 7.42. The second-order valence-electron chi connectivity index (χ2n) is 5.57. The number of hydrogen-bond donors (Lipinski definition) is 0. The van der Waals surface area contributed by atoms with Crippen LogP contribution in [0.2, 0.25) is 0 Å². The number of ether oxygens (including phenoxy) is 3. The van der Waals surface area contributed by atoms with Gasteiger partial charge in [0.15, 0.2) is 11.5 Å². The van der Waals surface area contributed by atoms with Gasteiger partial charge in [0, 0.05) is 19.2 Å². The van der Waals surface area contributed by atoms with Gasteiger partial charge in [-0.25, -0.2) is 8.42 Å². The minimum absolute atomic E-state index is 0.132. The smallest absolute Gasteiger partial charge is 0.243 e. The summed E-state index contributed by atoms with van der Waals surface area (Å²) >= 11 is 0. The molecule has 2 aromatic carbocycles. The van der Waals surface area contributed by atoms with E-state index in [4.69, 9.17) is 14.2 Å². The van der Waals surface area contributed by atoms with Gasteiger partial charge in [0.1, 0.15) is 0 Å². The van der Waals surface area contributed by atoms with Crippen LogP contribution < -0.4 is 14.2 Å². The minimum atomic E-state index is -3.59. The first-order valence-corrected chi connectivity index (χ1v) is 8.86. The van der Waals surface area contributed by atoms with Crippen LogP contribution in [-0.2, 0) is 16.6 Å². The molecule has 7 heteroatoms. The molecule has 0 aliphatic carbocycles. The van der Waals surface area contributed by atoms with E-state index in [1.165, 1.54) is 11.4 Å². The molecule has 24 heavy (non-hydrogen) atoms. The van der Waals surface area contributed by atoms with Crippen molar-refractivity contribution in [3.8, 4) is 17.2 Å². The summed E-state index contributed by atoms with van der Waals surface area (Å²) in [6, 6.07) is 10.3. The molecule has 2 aromatic rings. The zero-order valence-corrected chi connectivity index (χ0v) is 14.6. The lowest BCUT2D eigenvalue weighted by molar-refractivity contribution is 0.171. The molecule has 0 amide bonds. The number of benzene rings is 2. The number of nitrogens with zero attached hydrogens (tertiary/aromatic N) is 1. The Morgan fingerprint density at radius 1 is 1.12 bits per heavy atom. The van der Waals surface area contributed by atoms with Crippen molar-refractivity contribution in [1.29, 1.82) is 0 Å². The molecule has 3 rings (SSSR count). The Balaban J connectivity index is 1.90. The maximum Gasteiger partial charge on any atom is 0.243 e. The fourth-order valence-corrected chi connectivity index (χ4v) is 3.70. The Hall–Kier alpha value is -2.25. The molecule has 128 valence electrons. The van der Waals surface area contributed by atoms with Crippen LogP contribution in [0.3, 0.4) is 0 Å². The van der Waals surface area contributed by atoms with Crippen LogP contribution in [-0.4, -0.2) is 33.7 Å². The first kappa shape index (κ1) is 16.6. The van der Waals surface area contributed by atoms with Gasteiger partial charge in [-0.1, -0.05) is 23.8 Å². The Bertz CT molecular complexity index is 846. The summed E-state index contributed by atoms with van der Waals surface area (Å²) in [7, 11) is -0.523. The number of methoxy groups -OCH3 is 1. The number of rotatable bonds is 5. The highest BCUT2D eigenvalue weighted by molar-refractivity contribution is 7.89. The summed E-state index contributed by atoms with van der Waals surface area (Å²) in [4.78, 5) is 0.260. The van der Waals surface area contributed by atoms with E-state index in [9.17, 15) is 8.42 Å². The fraction of sp³-hybridized carbons (Fsp3) is 0.294. The number of sulfonamides is 1. The van der Waals surface area contributed by atoms with Gasteiger partial charge < -0.3 is 14.2 Å². The quantitative estimate of drug-likeness (QED) is 0.830. The molecule has 0 atom stereocenters. The molecule has 1 aliphatic heterocycles. The summed E-state index contributed by atoms with van der Waals surface area (Å²) in [6.45, 7) is 2.21. The Morgan fingerprint density at radius 2 is 1.83 bits per heavy atom. The van der Waals surface area contributed by atoms with E-state index < -0.39 is 10.0 Å². The minimum Gasteiger partial charge on any atom is -0.492 e. The monoisotopic (exact) mass is 349 g/mol. The van der Waals surface area contributed by atoms with Crippen LogP contribution in [0.1, 0.15) is 11.1 Å². The number of fused-ring (bicyclic) bond motifs is 1. The van der Waals surface area contributed by atoms with E-state index in [2.05, 4.69) is 0 Å². The molecule has 0 saturated carbocycles. The average Bonchev–Trinajstić information content (AvgIpc) is 3.03. The molecular weight excluding hydrogens is 330 g/mol. The van der Waals surface area contributed by atoms with Crippen molar-refractivity contribution in [3.05, 3.63) is 47.5 Å². The zero-order chi connectivity index (χ0) is 17.3. The number of hydrogen-bond acceptors (Lipinski definition) is 5. The Morgan fingerprint density at radius 3 is 2.50 bits per heavy atom. The van der Waals surface area contributed by atoms with Crippen LogP contribution >= 0.6 is 0 Å². The van der Waals surface area contributed by atoms with E-state index in [1.54, 1.807) is 43.4 Å². The van der Waals surface area contributed by atoms with Crippen molar-refractivity contribution in [2.75, 3.05) is 21.0 Å². The largest absolute Gasteiger partial charge is 0.492 e. The molecule has 0 fully saturated rings. The van der Waals surface area contributed by atoms with E-state index in [0.717, 1.165) is 5.56 Å². The maximum absolute atomic E-state index is 12.7. The van der Waals surface area contributed by atoms with E-state index >= 15 is 0 Å². The molecular formula is C17H19NO5S. The van der Waals surface area contributed by atoms with E-state index in [1.807, 2.05) is 6.92 Å². The summed E-state index contributed by atoms with van der Waals surface area (Å²) in [5.74, 6) is 1.60. The standard InChI is InChI=1S/C17H19NO5S/c1-12-4-7-14(8-5-12)24(19,20)18(2)10-13-6-9-15-17(16(13)21-3)23-11-22-15/h4-9H,10-11H2,1-3H3. The molecule has 6 nitrogen and oxygen atoms in total. The SMILES string of the molecule is COc1c(CN(C)S(=O)(=O)c2ccc(C)cc2)ccc2c1OCO2. The van der Waals surface area contributed by atoms with Crippen molar-refractivity contribution < 1.29 is 22.6 Å². The van der Waals surface area contributed by atoms with Gasteiger partial charge in [-0.15, -0.1) is 0 Å². The van der Waals surface area contributed by atoms with Crippen LogP contribution in [0.4, 0.5) is 0 Å². The summed E-state index contributed by atoms with van der Waals surface area (Å²) in [5, 5.41) is 0. The fourth-order valence-electron chi connectivity index (χ4n) is 2.55. The third-order valence-corrected chi connectivity index (χ3v) is 5.72. The average molecular weight is 349 g/mol. The van der Waals surface area contributed by atoms with Crippen LogP contribution in [0.5, 0.6) is 17.2 Å². The van der Waals surface area contributed by atoms with Gasteiger partial charge in [0.2, 0.25) is 22.6 Å². The van der Waals surface area contributed by atoms with Crippen molar-refractivity contribution in [2.45, 2.75) is 18.4 Å². The van der Waals surface area contributed by atoms with Gasteiger partial charge in [-0.05, 0) is 25.1 Å². The Labute approximate surface area is 141 Å². The molecule has 0 unspecified atom stereocenters. The van der Waals surface area contributed by atoms with Crippen molar-refractivity contribution >= 4 is 10.0 Å². The first-order chi connectivity index (χ1) is 11.4. The molecule has 1 aliphatic rings. The lowest BCUT2D eigenvalue weighted by atomic mass is 10.1. The number of aryl methyl sites for hydroxylation is 1. The van der Waals surface area contributed by atoms with Crippen LogP contribution in [0.25, 0.3) is 0 Å². The molecule has 1 heterocycles. The van der Waals surface area contributed by atoms with Crippen molar-refractivity contribution in [3.63, 3.8) is 0 Å². The van der Waals surface area contributed by atoms with E-state index in [0.29, 0.717) is 22.8 Å². The van der Waals surface area contributed by atoms with Crippen LogP contribution in [0, 0.1) is 6.92 Å². The second kappa shape index (κ2) is 6.33. The molecule has 0 aromatic heterocycles. The van der Waals surface area contributed by atoms with Gasteiger partial charge in [-0.3, -0.25) is 0 Å². The van der Waals surface area contributed by atoms with Crippen LogP contribution in [0.15, 0.2) is 41.3 Å². The lowest BCUT2D eigenvalue weighted by Crippen LogP contribution is -2.26. The summed E-state index contributed by atoms with van der Waals surface area (Å²) < 4.78 is 42.8. The normalized spacial score (nSPS) is 13.3. The predicted molar refractivity (Wildman–Crippen MR) is 88.9 cm³/mol. The molecule has 0 bridgehead atoms.